The zero-order valence-corrected chi connectivity index (χ0v) is 17.6. The number of hydrogen-bond donors (Lipinski definition) is 2. The van der Waals surface area contributed by atoms with Crippen molar-refractivity contribution in [2.45, 2.75) is 62.1 Å². The van der Waals surface area contributed by atoms with Gasteiger partial charge in [-0.1, -0.05) is 53.0 Å². The van der Waals surface area contributed by atoms with Gasteiger partial charge in [0.2, 0.25) is 11.1 Å². The van der Waals surface area contributed by atoms with Gasteiger partial charge in [0.1, 0.15) is 12.4 Å². The number of thioether (sulfide) groups is 1. The molecule has 1 aliphatic carbocycles. The SMILES string of the molecule is C[C@H](Sc1nnc(COc2cccc(Br)c2)n1N)C(=O)NC1CCCCC1. The molecule has 0 saturated heterocycles. The Morgan fingerprint density at radius 1 is 1.41 bits per heavy atom. The Morgan fingerprint density at radius 3 is 2.93 bits per heavy atom. The fourth-order valence-corrected chi connectivity index (χ4v) is 4.14. The van der Waals surface area contributed by atoms with Gasteiger partial charge >= 0.3 is 0 Å². The van der Waals surface area contributed by atoms with Crippen molar-refractivity contribution in [1.82, 2.24) is 20.2 Å². The zero-order valence-electron chi connectivity index (χ0n) is 15.2. The van der Waals surface area contributed by atoms with E-state index in [0.717, 1.165) is 17.3 Å². The minimum Gasteiger partial charge on any atom is -0.485 e. The molecule has 1 saturated carbocycles. The highest BCUT2D eigenvalue weighted by atomic mass is 79.9. The summed E-state index contributed by atoms with van der Waals surface area (Å²) in [6.45, 7) is 2.05. The predicted octanol–water partition coefficient (Wildman–Crippen LogP) is 3.26. The second kappa shape index (κ2) is 9.45. The van der Waals surface area contributed by atoms with Gasteiger partial charge in [-0.15, -0.1) is 10.2 Å². The predicted molar refractivity (Wildman–Crippen MR) is 109 cm³/mol. The quantitative estimate of drug-likeness (QED) is 0.493. The summed E-state index contributed by atoms with van der Waals surface area (Å²) >= 11 is 4.71. The minimum atomic E-state index is -0.294. The van der Waals surface area contributed by atoms with Crippen molar-refractivity contribution in [3.8, 4) is 5.75 Å². The smallest absolute Gasteiger partial charge is 0.233 e. The van der Waals surface area contributed by atoms with E-state index in [9.17, 15) is 4.79 Å². The fourth-order valence-electron chi connectivity index (χ4n) is 2.97. The third-order valence-electron chi connectivity index (χ3n) is 4.50. The lowest BCUT2D eigenvalue weighted by Crippen LogP contribution is -2.40. The number of rotatable bonds is 7. The molecule has 27 heavy (non-hydrogen) atoms. The largest absolute Gasteiger partial charge is 0.485 e. The molecule has 2 aromatic rings. The molecule has 1 aromatic carbocycles. The van der Waals surface area contributed by atoms with E-state index in [-0.39, 0.29) is 17.8 Å². The maximum absolute atomic E-state index is 12.4. The Bertz CT molecular complexity index is 779. The van der Waals surface area contributed by atoms with Crippen LogP contribution in [0.5, 0.6) is 5.75 Å². The average molecular weight is 454 g/mol. The summed E-state index contributed by atoms with van der Waals surface area (Å²) in [5.41, 5.74) is 0. The zero-order chi connectivity index (χ0) is 19.2. The van der Waals surface area contributed by atoms with Gasteiger partial charge in [0.05, 0.1) is 5.25 Å². The number of carbonyl (C=O) groups is 1. The number of carbonyl (C=O) groups excluding carboxylic acids is 1. The summed E-state index contributed by atoms with van der Waals surface area (Å²) in [7, 11) is 0. The molecule has 0 radical (unpaired) electrons. The van der Waals surface area contributed by atoms with Gasteiger partial charge in [0, 0.05) is 10.5 Å². The molecule has 0 aliphatic heterocycles. The molecule has 0 spiro atoms. The van der Waals surface area contributed by atoms with Crippen LogP contribution in [0.15, 0.2) is 33.9 Å². The average Bonchev–Trinajstić information content (AvgIpc) is 3.00. The summed E-state index contributed by atoms with van der Waals surface area (Å²) in [5, 5.41) is 11.5. The van der Waals surface area contributed by atoms with Crippen LogP contribution in [0.3, 0.4) is 0 Å². The highest BCUT2D eigenvalue weighted by Crippen LogP contribution is 2.23. The van der Waals surface area contributed by atoms with Crippen molar-refractivity contribution in [3.63, 3.8) is 0 Å². The number of ether oxygens (including phenoxy) is 1. The third kappa shape index (κ3) is 5.62. The van der Waals surface area contributed by atoms with Crippen LogP contribution in [0, 0.1) is 0 Å². The van der Waals surface area contributed by atoms with Crippen LogP contribution in [0.1, 0.15) is 44.9 Å². The Morgan fingerprint density at radius 2 is 2.19 bits per heavy atom. The van der Waals surface area contributed by atoms with Crippen LogP contribution >= 0.6 is 27.7 Å². The van der Waals surface area contributed by atoms with Crippen molar-refractivity contribution in [1.29, 1.82) is 0 Å². The summed E-state index contributed by atoms with van der Waals surface area (Å²) in [5.74, 6) is 7.30. The molecule has 7 nitrogen and oxygen atoms in total. The molecule has 146 valence electrons. The first-order valence-corrected chi connectivity index (χ1v) is 10.7. The van der Waals surface area contributed by atoms with E-state index < -0.39 is 0 Å². The first-order chi connectivity index (χ1) is 13.0. The molecular formula is C18H24BrN5O2S. The van der Waals surface area contributed by atoms with Gasteiger partial charge in [0.25, 0.3) is 0 Å². The lowest BCUT2D eigenvalue weighted by Gasteiger charge is -2.24. The van der Waals surface area contributed by atoms with Crippen molar-refractivity contribution >= 4 is 33.6 Å². The van der Waals surface area contributed by atoms with Gasteiger partial charge in [-0.05, 0) is 38.0 Å². The molecule has 1 aromatic heterocycles. The number of benzene rings is 1. The van der Waals surface area contributed by atoms with Crippen molar-refractivity contribution in [2.75, 3.05) is 5.84 Å². The summed E-state index contributed by atoms with van der Waals surface area (Å²) < 4.78 is 8.01. The van der Waals surface area contributed by atoms with Crippen LogP contribution < -0.4 is 15.9 Å². The molecule has 1 aliphatic rings. The molecular weight excluding hydrogens is 430 g/mol. The molecule has 1 fully saturated rings. The minimum absolute atomic E-state index is 0.0156. The maximum Gasteiger partial charge on any atom is 0.233 e. The standard InChI is InChI=1S/C18H24BrN5O2S/c1-12(17(25)21-14-7-3-2-4-8-14)27-18-23-22-16(24(18)20)11-26-15-9-5-6-13(19)10-15/h5-6,9-10,12,14H,2-4,7-8,11,20H2,1H3,(H,21,25)/t12-/m0/s1. The number of aromatic nitrogens is 3. The van der Waals surface area contributed by atoms with E-state index in [0.29, 0.717) is 22.8 Å². The van der Waals surface area contributed by atoms with Gasteiger partial charge in [-0.2, -0.15) is 0 Å². The number of hydrogen-bond acceptors (Lipinski definition) is 6. The van der Waals surface area contributed by atoms with Crippen molar-refractivity contribution in [2.24, 2.45) is 0 Å². The van der Waals surface area contributed by atoms with E-state index in [4.69, 9.17) is 10.6 Å². The van der Waals surface area contributed by atoms with Gasteiger partial charge < -0.3 is 15.9 Å². The molecule has 0 unspecified atom stereocenters. The van der Waals surface area contributed by atoms with Crippen LogP contribution in [0.25, 0.3) is 0 Å². The first kappa shape index (κ1) is 20.0. The van der Waals surface area contributed by atoms with Crippen LogP contribution in [-0.2, 0) is 11.4 Å². The van der Waals surface area contributed by atoms with Gasteiger partial charge in [0.15, 0.2) is 5.82 Å². The number of nitrogen functional groups attached to an aromatic ring is 1. The van der Waals surface area contributed by atoms with E-state index in [1.807, 2.05) is 31.2 Å². The van der Waals surface area contributed by atoms with Crippen molar-refractivity contribution in [3.05, 3.63) is 34.6 Å². The lowest BCUT2D eigenvalue weighted by molar-refractivity contribution is -0.121. The molecule has 3 N–H and O–H groups in total. The van der Waals surface area contributed by atoms with Gasteiger partial charge in [-0.25, -0.2) is 4.68 Å². The summed E-state index contributed by atoms with van der Waals surface area (Å²) in [4.78, 5) is 12.4. The Balaban J connectivity index is 1.53. The first-order valence-electron chi connectivity index (χ1n) is 9.07. The number of nitrogens with one attached hydrogen (secondary N) is 1. The highest BCUT2D eigenvalue weighted by molar-refractivity contribution is 9.10. The van der Waals surface area contributed by atoms with Crippen LogP contribution in [0.4, 0.5) is 0 Å². The lowest BCUT2D eigenvalue weighted by atomic mass is 9.95. The topological polar surface area (TPSA) is 95.1 Å². The van der Waals surface area contributed by atoms with Crippen LogP contribution in [0.2, 0.25) is 0 Å². The Kier molecular flexibility index (Phi) is 7.01. The molecule has 3 rings (SSSR count). The number of halogens is 1. The third-order valence-corrected chi connectivity index (χ3v) is 6.05. The van der Waals surface area contributed by atoms with E-state index in [1.54, 1.807) is 0 Å². The van der Waals surface area contributed by atoms with E-state index in [2.05, 4.69) is 31.4 Å². The molecule has 1 atom stereocenters. The molecule has 1 amide bonds. The summed E-state index contributed by atoms with van der Waals surface area (Å²) in [6, 6.07) is 7.83. The fraction of sp³-hybridized carbons (Fsp3) is 0.500. The Labute approximate surface area is 171 Å². The number of amides is 1. The van der Waals surface area contributed by atoms with Gasteiger partial charge in [-0.3, -0.25) is 4.79 Å². The molecule has 1 heterocycles. The Hall–Kier alpha value is -1.74. The second-order valence-corrected chi connectivity index (χ2v) is 8.84. The maximum atomic E-state index is 12.4. The van der Waals surface area contributed by atoms with Crippen LogP contribution in [-0.4, -0.2) is 32.1 Å². The number of nitrogens with two attached hydrogens (primary N) is 1. The number of nitrogens with zero attached hydrogens (tertiary/aromatic N) is 3. The normalized spacial score (nSPS) is 16.1. The second-order valence-electron chi connectivity index (χ2n) is 6.62. The highest BCUT2D eigenvalue weighted by Gasteiger charge is 2.22. The summed E-state index contributed by atoms with van der Waals surface area (Å²) in [6.07, 6.45) is 5.76. The van der Waals surface area contributed by atoms with E-state index in [1.165, 1.54) is 35.7 Å². The molecule has 9 heteroatoms. The van der Waals surface area contributed by atoms with E-state index >= 15 is 0 Å². The van der Waals surface area contributed by atoms with Crippen molar-refractivity contribution < 1.29 is 9.53 Å². The molecule has 0 bridgehead atoms. The monoisotopic (exact) mass is 453 g/mol.